The normalized spacial score (nSPS) is 13.0. The summed E-state index contributed by atoms with van der Waals surface area (Å²) in [6, 6.07) is 15.0. The molecular formula is C53H85N2O13PS. The Morgan fingerprint density at radius 2 is 1.10 bits per heavy atom. The van der Waals surface area contributed by atoms with E-state index in [0.717, 1.165) is 67.2 Å². The molecule has 2 aromatic carbocycles. The highest BCUT2D eigenvalue weighted by molar-refractivity contribution is 7.99. The van der Waals surface area contributed by atoms with E-state index in [1.165, 1.54) is 76.0 Å². The molecule has 3 rings (SSSR count). The fourth-order valence-corrected chi connectivity index (χ4v) is 9.56. The predicted octanol–water partition coefficient (Wildman–Crippen LogP) is 10.3. The molecule has 2 amide bonds. The van der Waals surface area contributed by atoms with Crippen LogP contribution in [0.1, 0.15) is 159 Å². The average Bonchev–Trinajstić information content (AvgIpc) is 3.66. The van der Waals surface area contributed by atoms with Crippen molar-refractivity contribution in [2.75, 3.05) is 77.1 Å². The lowest BCUT2D eigenvalue weighted by Crippen LogP contribution is -2.49. The van der Waals surface area contributed by atoms with Crippen LogP contribution in [0.25, 0.3) is 11.1 Å². The fraction of sp³-hybridized carbons (Fsp3) is 0.698. The van der Waals surface area contributed by atoms with E-state index in [1.807, 2.05) is 36.4 Å². The van der Waals surface area contributed by atoms with E-state index >= 15 is 0 Å². The number of hydrogen-bond acceptors (Lipinski definition) is 12. The molecule has 0 bridgehead atoms. The summed E-state index contributed by atoms with van der Waals surface area (Å²) >= 11 is 1.30. The van der Waals surface area contributed by atoms with Crippen LogP contribution in [0.2, 0.25) is 0 Å². The van der Waals surface area contributed by atoms with E-state index in [-0.39, 0.29) is 101 Å². The molecule has 0 spiro atoms. The quantitative estimate of drug-likeness (QED) is 0.0211. The number of nitrogens with one attached hydrogen (secondary N) is 2. The van der Waals surface area contributed by atoms with Crippen LogP contribution >= 0.6 is 19.4 Å². The second-order valence-corrected chi connectivity index (χ2v) is 20.9. The molecule has 2 atom stereocenters. The Kier molecular flexibility index (Phi) is 33.1. The summed E-state index contributed by atoms with van der Waals surface area (Å²) in [6.07, 6.45) is 19.0. The molecule has 1 aliphatic rings. The van der Waals surface area contributed by atoms with Crippen molar-refractivity contribution >= 4 is 43.3 Å². The van der Waals surface area contributed by atoms with Crippen molar-refractivity contribution in [3.63, 3.8) is 0 Å². The summed E-state index contributed by atoms with van der Waals surface area (Å²) in [4.78, 5) is 70.9. The maximum Gasteiger partial charge on any atom is 0.407 e. The van der Waals surface area contributed by atoms with Gasteiger partial charge in [-0.15, -0.1) is 0 Å². The highest BCUT2D eigenvalue weighted by Crippen LogP contribution is 2.44. The Hall–Kier alpha value is -3.50. The first-order valence-corrected chi connectivity index (χ1v) is 29.1. The fourth-order valence-electron chi connectivity index (χ4n) is 8.16. The van der Waals surface area contributed by atoms with Crippen molar-refractivity contribution in [3.05, 3.63) is 59.7 Å². The largest absolute Gasteiger partial charge is 0.462 e. The molecule has 2 aromatic rings. The second kappa shape index (κ2) is 38.2. The number of carbonyl (C=O) groups excluding carboxylic acids is 4. The number of fused-ring (bicyclic) bond motifs is 3. The van der Waals surface area contributed by atoms with E-state index in [4.69, 9.17) is 38.2 Å². The molecule has 0 aromatic heterocycles. The molecule has 15 nitrogen and oxygen atoms in total. The Balaban J connectivity index is 1.55. The third-order valence-corrected chi connectivity index (χ3v) is 14.0. The van der Waals surface area contributed by atoms with Crippen LogP contribution in [-0.4, -0.2) is 123 Å². The standard InChI is InChI=1S/C53H85N2O13PS/c1-3-5-7-9-11-13-15-17-19-29-50(56)66-39-43(68-51(57)30-20-18-16-14-12-10-8-6-4-2)41-70-42-49(52(58)54-31-32-63-33-34-64-35-36-65-37-38-69(60,61)62)55-53(59)67-40-48-46-27-23-21-25-44(46)45-26-22-24-28-47(45)48/h21-28,43,48-49H,3-20,29-42H2,1-2H3,(H,54,58)(H,55,59)(H2,60,61,62)/t43-,49+/m1/s1. The zero-order chi connectivity index (χ0) is 50.5. The van der Waals surface area contributed by atoms with Crippen LogP contribution in [0.15, 0.2) is 48.5 Å². The van der Waals surface area contributed by atoms with Crippen molar-refractivity contribution in [2.24, 2.45) is 0 Å². The summed E-state index contributed by atoms with van der Waals surface area (Å²) in [5, 5.41) is 5.58. The number of ether oxygens (including phenoxy) is 6. The molecule has 1 aliphatic carbocycles. The van der Waals surface area contributed by atoms with Gasteiger partial charge in [-0.25, -0.2) is 4.79 Å². The van der Waals surface area contributed by atoms with E-state index in [2.05, 4.69) is 36.6 Å². The minimum absolute atomic E-state index is 0.0676. The number of thioether (sulfide) groups is 1. The van der Waals surface area contributed by atoms with E-state index in [9.17, 15) is 23.7 Å². The maximum atomic E-state index is 13.6. The summed E-state index contributed by atoms with van der Waals surface area (Å²) in [5.74, 6) is -0.981. The molecule has 0 unspecified atom stereocenters. The van der Waals surface area contributed by atoms with Crippen molar-refractivity contribution in [2.45, 2.75) is 160 Å². The number of benzene rings is 2. The molecule has 0 saturated carbocycles. The number of alkyl carbamates (subject to hydrolysis) is 1. The monoisotopic (exact) mass is 1020 g/mol. The topological polar surface area (TPSA) is 205 Å². The minimum Gasteiger partial charge on any atom is -0.462 e. The van der Waals surface area contributed by atoms with Crippen LogP contribution in [0.3, 0.4) is 0 Å². The van der Waals surface area contributed by atoms with Gasteiger partial charge in [0.1, 0.15) is 25.4 Å². The maximum absolute atomic E-state index is 13.6. The van der Waals surface area contributed by atoms with Gasteiger partial charge in [0.2, 0.25) is 5.91 Å². The Labute approximate surface area is 422 Å². The Morgan fingerprint density at radius 3 is 1.64 bits per heavy atom. The van der Waals surface area contributed by atoms with Crippen LogP contribution in [0.4, 0.5) is 4.79 Å². The first-order valence-electron chi connectivity index (χ1n) is 26.1. The average molecular weight is 1020 g/mol. The van der Waals surface area contributed by atoms with Gasteiger partial charge in [0.05, 0.1) is 45.8 Å². The SMILES string of the molecule is CCCCCCCCCCCC(=O)OC[C@H](CSC[C@H](NC(=O)OCC1c2ccccc2-c2ccccc21)C(=O)NCCOCCOCCOCCP(=O)(O)O)OC(=O)CCCCCCCCCCC. The van der Waals surface area contributed by atoms with Crippen molar-refractivity contribution in [1.82, 2.24) is 10.6 Å². The third kappa shape index (κ3) is 27.9. The smallest absolute Gasteiger partial charge is 0.407 e. The molecule has 0 saturated heterocycles. The van der Waals surface area contributed by atoms with Gasteiger partial charge in [0.15, 0.2) is 0 Å². The molecule has 4 N–H and O–H groups in total. The zero-order valence-electron chi connectivity index (χ0n) is 42.2. The van der Waals surface area contributed by atoms with E-state index < -0.39 is 31.7 Å². The molecule has 396 valence electrons. The Morgan fingerprint density at radius 1 is 0.614 bits per heavy atom. The molecule has 0 aliphatic heterocycles. The molecular weight excluding hydrogens is 936 g/mol. The van der Waals surface area contributed by atoms with Crippen molar-refractivity contribution in [1.29, 1.82) is 0 Å². The molecule has 70 heavy (non-hydrogen) atoms. The van der Waals surface area contributed by atoms with Crippen molar-refractivity contribution in [3.8, 4) is 11.1 Å². The molecule has 0 radical (unpaired) electrons. The second-order valence-electron chi connectivity index (χ2n) is 18.0. The highest BCUT2D eigenvalue weighted by Gasteiger charge is 2.30. The number of unbranched alkanes of at least 4 members (excludes halogenated alkanes) is 16. The number of rotatable bonds is 43. The third-order valence-electron chi connectivity index (χ3n) is 12.1. The lowest BCUT2D eigenvalue weighted by atomic mass is 9.98. The van der Waals surface area contributed by atoms with Gasteiger partial charge < -0.3 is 48.8 Å². The highest BCUT2D eigenvalue weighted by atomic mass is 32.2. The summed E-state index contributed by atoms with van der Waals surface area (Å²) < 4.78 is 44.5. The first kappa shape index (κ1) is 60.8. The predicted molar refractivity (Wildman–Crippen MR) is 276 cm³/mol. The van der Waals surface area contributed by atoms with Crippen LogP contribution in [0.5, 0.6) is 0 Å². The molecule has 17 heteroatoms. The summed E-state index contributed by atoms with van der Waals surface area (Å²) in [7, 11) is -4.10. The van der Waals surface area contributed by atoms with Gasteiger partial charge in [0.25, 0.3) is 0 Å². The van der Waals surface area contributed by atoms with Gasteiger partial charge in [-0.1, -0.05) is 165 Å². The zero-order valence-corrected chi connectivity index (χ0v) is 43.9. The van der Waals surface area contributed by atoms with Gasteiger partial charge in [-0.05, 0) is 35.1 Å². The van der Waals surface area contributed by atoms with Gasteiger partial charge in [-0.3, -0.25) is 18.9 Å². The van der Waals surface area contributed by atoms with Gasteiger partial charge >= 0.3 is 25.6 Å². The first-order chi connectivity index (χ1) is 34.0. The van der Waals surface area contributed by atoms with Crippen molar-refractivity contribution < 1.29 is 62.0 Å². The van der Waals surface area contributed by atoms with E-state index in [0.29, 0.717) is 12.8 Å². The number of amides is 2. The lowest BCUT2D eigenvalue weighted by molar-refractivity contribution is -0.157. The lowest BCUT2D eigenvalue weighted by Gasteiger charge is -2.21. The summed E-state index contributed by atoms with van der Waals surface area (Å²) in [5.41, 5.74) is 4.31. The molecule has 0 fully saturated rings. The van der Waals surface area contributed by atoms with Gasteiger partial charge in [0, 0.05) is 36.8 Å². The van der Waals surface area contributed by atoms with Crippen LogP contribution in [-0.2, 0) is 47.4 Å². The van der Waals surface area contributed by atoms with Crippen LogP contribution in [0, 0.1) is 0 Å². The number of esters is 2. The van der Waals surface area contributed by atoms with Crippen LogP contribution < -0.4 is 10.6 Å². The number of hydrogen-bond donors (Lipinski definition) is 4. The molecule has 0 heterocycles. The number of carbonyl (C=O) groups is 4. The minimum atomic E-state index is -4.10. The summed E-state index contributed by atoms with van der Waals surface area (Å²) in [6.45, 7) is 5.52. The Bertz CT molecular complexity index is 1750. The van der Waals surface area contributed by atoms with E-state index in [1.54, 1.807) is 0 Å². The van der Waals surface area contributed by atoms with Gasteiger partial charge in [-0.2, -0.15) is 11.8 Å².